The van der Waals surface area contributed by atoms with Gasteiger partial charge in [0, 0.05) is 0 Å². The third kappa shape index (κ3) is 13.0. The summed E-state index contributed by atoms with van der Waals surface area (Å²) in [7, 11) is 0. The van der Waals surface area contributed by atoms with Crippen molar-refractivity contribution in [2.75, 3.05) is 19.8 Å². The average molecular weight is 322 g/mol. The summed E-state index contributed by atoms with van der Waals surface area (Å²) >= 11 is 0. The Kier molecular flexibility index (Phi) is 13.7. The molecule has 0 atom stereocenters. The maximum absolute atomic E-state index is 9.41. The molecule has 0 aromatic heterocycles. The Morgan fingerprint density at radius 3 is 1.70 bits per heavy atom. The summed E-state index contributed by atoms with van der Waals surface area (Å²) < 4.78 is 0. The molecule has 0 unspecified atom stereocenters. The summed E-state index contributed by atoms with van der Waals surface area (Å²) in [5, 5.41) is 27.2. The highest BCUT2D eigenvalue weighted by Gasteiger charge is 1.97. The number of allylic oxidation sites excluding steroid dienone is 5. The van der Waals surface area contributed by atoms with E-state index in [2.05, 4.69) is 25.2 Å². The predicted octanol–water partition coefficient (Wildman–Crippen LogP) is 4.07. The minimum absolute atomic E-state index is 0.0967. The van der Waals surface area contributed by atoms with E-state index in [1.54, 1.807) is 0 Å². The molecule has 0 saturated carbocycles. The summed E-state index contributed by atoms with van der Waals surface area (Å²) in [6.45, 7) is 6.44. The lowest BCUT2D eigenvalue weighted by atomic mass is 10.0. The minimum atomic E-state index is 0.0967. The molecule has 3 N–H and O–H groups in total. The molecule has 0 amide bonds. The zero-order chi connectivity index (χ0) is 17.5. The van der Waals surface area contributed by atoms with Crippen molar-refractivity contribution in [2.24, 2.45) is 0 Å². The first-order valence-electron chi connectivity index (χ1n) is 8.50. The van der Waals surface area contributed by atoms with Gasteiger partial charge in [-0.25, -0.2) is 0 Å². The molecule has 0 aromatic carbocycles. The Hall–Kier alpha value is -1.16. The quantitative estimate of drug-likeness (QED) is 0.475. The molecule has 132 valence electrons. The van der Waals surface area contributed by atoms with Crippen LogP contribution in [0.4, 0.5) is 0 Å². The van der Waals surface area contributed by atoms with Crippen molar-refractivity contribution < 1.29 is 15.3 Å². The Balaban J connectivity index is 4.14. The van der Waals surface area contributed by atoms with Crippen molar-refractivity contribution in [3.8, 4) is 0 Å². The van der Waals surface area contributed by atoms with Crippen molar-refractivity contribution >= 4 is 0 Å². The highest BCUT2D eigenvalue weighted by molar-refractivity contribution is 5.09. The van der Waals surface area contributed by atoms with Gasteiger partial charge in [-0.2, -0.15) is 0 Å². The molecule has 0 saturated heterocycles. The van der Waals surface area contributed by atoms with E-state index in [1.165, 1.54) is 11.1 Å². The van der Waals surface area contributed by atoms with Crippen LogP contribution in [0.3, 0.4) is 0 Å². The third-order valence-corrected chi connectivity index (χ3v) is 3.85. The molecule has 0 radical (unpaired) electrons. The number of aliphatic hydroxyl groups excluding tert-OH is 3. The van der Waals surface area contributed by atoms with Crippen LogP contribution in [0.15, 0.2) is 46.6 Å². The van der Waals surface area contributed by atoms with Crippen LogP contribution in [0, 0.1) is 0 Å². The highest BCUT2D eigenvalue weighted by atomic mass is 16.3. The fourth-order valence-corrected chi connectivity index (χ4v) is 2.22. The molecule has 3 nitrogen and oxygen atoms in total. The first-order valence-corrected chi connectivity index (χ1v) is 8.50. The van der Waals surface area contributed by atoms with Crippen LogP contribution in [-0.2, 0) is 0 Å². The zero-order valence-electron chi connectivity index (χ0n) is 15.0. The summed E-state index contributed by atoms with van der Waals surface area (Å²) in [4.78, 5) is 0. The summed E-state index contributed by atoms with van der Waals surface area (Å²) in [6.07, 6.45) is 13.9. The van der Waals surface area contributed by atoms with E-state index >= 15 is 0 Å². The number of rotatable bonds is 12. The van der Waals surface area contributed by atoms with Crippen LogP contribution in [0.25, 0.3) is 0 Å². The molecule has 0 rings (SSSR count). The van der Waals surface area contributed by atoms with Gasteiger partial charge in [0.2, 0.25) is 0 Å². The molecule has 0 spiro atoms. The Morgan fingerprint density at radius 2 is 1.13 bits per heavy atom. The minimum Gasteiger partial charge on any atom is -0.392 e. The monoisotopic (exact) mass is 322 g/mol. The fraction of sp³-hybridized carbons (Fsp3) is 0.600. The third-order valence-electron chi connectivity index (χ3n) is 3.85. The van der Waals surface area contributed by atoms with E-state index in [0.717, 1.165) is 49.7 Å². The van der Waals surface area contributed by atoms with Crippen molar-refractivity contribution in [3.05, 3.63) is 46.6 Å². The molecule has 0 aliphatic heterocycles. The molecular weight excluding hydrogens is 288 g/mol. The molecule has 0 heterocycles. The molecular formula is C20H34O3. The van der Waals surface area contributed by atoms with E-state index in [-0.39, 0.29) is 19.8 Å². The highest BCUT2D eigenvalue weighted by Crippen LogP contribution is 2.13. The topological polar surface area (TPSA) is 60.7 Å². The Morgan fingerprint density at radius 1 is 0.609 bits per heavy atom. The van der Waals surface area contributed by atoms with Crippen molar-refractivity contribution in [3.63, 3.8) is 0 Å². The van der Waals surface area contributed by atoms with Gasteiger partial charge in [-0.05, 0) is 64.9 Å². The molecule has 23 heavy (non-hydrogen) atoms. The average Bonchev–Trinajstić information content (AvgIpc) is 2.53. The lowest BCUT2D eigenvalue weighted by Crippen LogP contribution is -1.91. The lowest BCUT2D eigenvalue weighted by molar-refractivity contribution is 0.326. The van der Waals surface area contributed by atoms with Gasteiger partial charge in [0.25, 0.3) is 0 Å². The van der Waals surface area contributed by atoms with Gasteiger partial charge < -0.3 is 15.3 Å². The van der Waals surface area contributed by atoms with E-state index in [0.29, 0.717) is 0 Å². The van der Waals surface area contributed by atoms with E-state index in [9.17, 15) is 5.11 Å². The second-order valence-electron chi connectivity index (χ2n) is 6.13. The van der Waals surface area contributed by atoms with Crippen molar-refractivity contribution in [2.45, 2.75) is 59.3 Å². The van der Waals surface area contributed by atoms with E-state index < -0.39 is 0 Å². The SMILES string of the molecule is CC(=CCCC(C)=CCCC(=CCCC(C)=CCO)CO)CO. The summed E-state index contributed by atoms with van der Waals surface area (Å²) in [5.41, 5.74) is 4.64. The van der Waals surface area contributed by atoms with Crippen LogP contribution >= 0.6 is 0 Å². The van der Waals surface area contributed by atoms with E-state index in [4.69, 9.17) is 10.2 Å². The molecule has 0 aromatic rings. The molecule has 0 aliphatic rings. The normalized spacial score (nSPS) is 14.5. The second kappa shape index (κ2) is 14.4. The van der Waals surface area contributed by atoms with Gasteiger partial charge in [-0.1, -0.05) is 41.0 Å². The van der Waals surface area contributed by atoms with Gasteiger partial charge in [-0.15, -0.1) is 0 Å². The molecule has 0 fully saturated rings. The van der Waals surface area contributed by atoms with Gasteiger partial charge in [0.1, 0.15) is 0 Å². The fourth-order valence-electron chi connectivity index (χ4n) is 2.22. The molecule has 3 heteroatoms. The first-order chi connectivity index (χ1) is 11.0. The van der Waals surface area contributed by atoms with Gasteiger partial charge in [-0.3, -0.25) is 0 Å². The van der Waals surface area contributed by atoms with Crippen molar-refractivity contribution in [1.82, 2.24) is 0 Å². The lowest BCUT2D eigenvalue weighted by Gasteiger charge is -2.04. The zero-order valence-corrected chi connectivity index (χ0v) is 15.0. The van der Waals surface area contributed by atoms with Gasteiger partial charge >= 0.3 is 0 Å². The van der Waals surface area contributed by atoms with E-state index in [1.807, 2.05) is 19.9 Å². The van der Waals surface area contributed by atoms with Crippen LogP contribution in [-0.4, -0.2) is 35.1 Å². The van der Waals surface area contributed by atoms with Gasteiger partial charge in [0.15, 0.2) is 0 Å². The maximum Gasteiger partial charge on any atom is 0.0641 e. The van der Waals surface area contributed by atoms with Crippen LogP contribution in [0.1, 0.15) is 59.3 Å². The number of hydrogen-bond donors (Lipinski definition) is 3. The second-order valence-corrected chi connectivity index (χ2v) is 6.13. The predicted molar refractivity (Wildman–Crippen MR) is 98.3 cm³/mol. The maximum atomic E-state index is 9.41. The van der Waals surface area contributed by atoms with Crippen molar-refractivity contribution in [1.29, 1.82) is 0 Å². The smallest absolute Gasteiger partial charge is 0.0641 e. The van der Waals surface area contributed by atoms with Gasteiger partial charge in [0.05, 0.1) is 19.8 Å². The Bertz CT molecular complexity index is 428. The summed E-state index contributed by atoms with van der Waals surface area (Å²) in [5.74, 6) is 0. The molecule has 0 bridgehead atoms. The summed E-state index contributed by atoms with van der Waals surface area (Å²) in [6, 6.07) is 0. The van der Waals surface area contributed by atoms with Crippen LogP contribution < -0.4 is 0 Å². The molecule has 0 aliphatic carbocycles. The van der Waals surface area contributed by atoms with Crippen LogP contribution in [0.5, 0.6) is 0 Å². The number of hydrogen-bond acceptors (Lipinski definition) is 3. The standard InChI is InChI=1S/C20H34O3/c1-17(7-4-10-19(3)15-22)8-5-11-20(16-23)12-6-9-18(2)13-14-21/h8,10,12-13,21-23H,4-7,9,11,14-16H2,1-3H3. The number of aliphatic hydroxyl groups is 3. The van der Waals surface area contributed by atoms with Crippen LogP contribution in [0.2, 0.25) is 0 Å². The largest absolute Gasteiger partial charge is 0.392 e. The Labute approximate surface area is 141 Å². The first kappa shape index (κ1) is 21.8.